The molecule has 0 bridgehead atoms. The SMILES string of the molecule is COc1cccc(/C=C2\SC(=S)N(c3ccccc3F)C2=O)c1OCC(=O)O. The quantitative estimate of drug-likeness (QED) is 0.565. The number of carbonyl (C=O) groups is 2. The van der Waals surface area contributed by atoms with E-state index >= 15 is 0 Å². The van der Waals surface area contributed by atoms with Crippen LogP contribution in [0.3, 0.4) is 0 Å². The van der Waals surface area contributed by atoms with E-state index in [1.165, 1.54) is 31.4 Å². The van der Waals surface area contributed by atoms with Crippen LogP contribution in [0.25, 0.3) is 6.08 Å². The molecule has 0 aliphatic carbocycles. The average Bonchev–Trinajstić information content (AvgIpc) is 2.94. The number of hydrogen-bond donors (Lipinski definition) is 1. The van der Waals surface area contributed by atoms with Gasteiger partial charge < -0.3 is 14.6 Å². The molecule has 2 aromatic carbocycles. The van der Waals surface area contributed by atoms with Crippen molar-refractivity contribution in [2.24, 2.45) is 0 Å². The Morgan fingerprint density at radius 2 is 2.04 bits per heavy atom. The highest BCUT2D eigenvalue weighted by atomic mass is 32.2. The molecule has 3 rings (SSSR count). The highest BCUT2D eigenvalue weighted by molar-refractivity contribution is 8.27. The summed E-state index contributed by atoms with van der Waals surface area (Å²) >= 11 is 6.26. The molecule has 0 saturated carbocycles. The first kappa shape index (κ1) is 19.8. The number of thioether (sulfide) groups is 1. The van der Waals surface area contributed by atoms with Crippen molar-refractivity contribution < 1.29 is 28.6 Å². The number of rotatable bonds is 6. The number of carbonyl (C=O) groups excluding carboxylic acids is 1. The lowest BCUT2D eigenvalue weighted by Crippen LogP contribution is -2.28. The largest absolute Gasteiger partial charge is 0.493 e. The van der Waals surface area contributed by atoms with E-state index in [-0.39, 0.29) is 20.7 Å². The molecule has 0 atom stereocenters. The molecule has 1 aliphatic rings. The summed E-state index contributed by atoms with van der Waals surface area (Å²) in [4.78, 5) is 25.1. The number of aliphatic carboxylic acids is 1. The van der Waals surface area contributed by atoms with E-state index in [1.807, 2.05) is 0 Å². The lowest BCUT2D eigenvalue weighted by molar-refractivity contribution is -0.139. The molecular weight excluding hydrogens is 405 g/mol. The van der Waals surface area contributed by atoms with Crippen LogP contribution in [0.15, 0.2) is 47.4 Å². The maximum absolute atomic E-state index is 14.1. The Bertz CT molecular complexity index is 992. The van der Waals surface area contributed by atoms with Gasteiger partial charge in [-0.15, -0.1) is 0 Å². The predicted molar refractivity (Wildman–Crippen MR) is 108 cm³/mol. The van der Waals surface area contributed by atoms with Gasteiger partial charge in [0.15, 0.2) is 22.4 Å². The van der Waals surface area contributed by atoms with Crippen LogP contribution in [-0.4, -0.2) is 35.0 Å². The van der Waals surface area contributed by atoms with Crippen LogP contribution in [-0.2, 0) is 9.59 Å². The summed E-state index contributed by atoms with van der Waals surface area (Å²) in [7, 11) is 1.42. The minimum atomic E-state index is -1.15. The molecule has 1 amide bonds. The van der Waals surface area contributed by atoms with Gasteiger partial charge in [0.05, 0.1) is 17.7 Å². The normalized spacial score (nSPS) is 15.2. The number of anilines is 1. The van der Waals surface area contributed by atoms with Crippen LogP contribution in [0.5, 0.6) is 11.5 Å². The molecule has 0 spiro atoms. The maximum Gasteiger partial charge on any atom is 0.341 e. The Labute approximate surface area is 169 Å². The molecule has 6 nitrogen and oxygen atoms in total. The third-order valence-corrected chi connectivity index (χ3v) is 5.05. The van der Waals surface area contributed by atoms with Crippen LogP contribution in [0.4, 0.5) is 10.1 Å². The van der Waals surface area contributed by atoms with Crippen molar-refractivity contribution in [2.45, 2.75) is 0 Å². The monoisotopic (exact) mass is 419 g/mol. The number of amides is 1. The van der Waals surface area contributed by atoms with E-state index < -0.39 is 24.3 Å². The molecule has 144 valence electrons. The zero-order valence-electron chi connectivity index (χ0n) is 14.5. The van der Waals surface area contributed by atoms with Crippen molar-refractivity contribution in [3.05, 3.63) is 58.8 Å². The highest BCUT2D eigenvalue weighted by Gasteiger charge is 2.35. The molecule has 0 radical (unpaired) electrons. The summed E-state index contributed by atoms with van der Waals surface area (Å²) < 4.78 is 24.8. The number of nitrogens with zero attached hydrogens (tertiary/aromatic N) is 1. The standard InChI is InChI=1S/C19H14FNO5S2/c1-25-14-8-4-5-11(17(14)26-10-16(22)23)9-15-18(24)21(19(27)28-15)13-7-3-2-6-12(13)20/h2-9H,10H2,1H3,(H,22,23)/b15-9-. The Balaban J connectivity index is 1.98. The van der Waals surface area contributed by atoms with Crippen molar-refractivity contribution in [2.75, 3.05) is 18.6 Å². The predicted octanol–water partition coefficient (Wildman–Crippen LogP) is 3.70. The van der Waals surface area contributed by atoms with Gasteiger partial charge in [-0.3, -0.25) is 9.69 Å². The molecule has 1 aliphatic heterocycles. The van der Waals surface area contributed by atoms with Crippen LogP contribution in [0.2, 0.25) is 0 Å². The smallest absolute Gasteiger partial charge is 0.341 e. The topological polar surface area (TPSA) is 76.1 Å². The first-order chi connectivity index (χ1) is 13.4. The number of carboxylic acids is 1. The van der Waals surface area contributed by atoms with E-state index in [1.54, 1.807) is 24.3 Å². The first-order valence-corrected chi connectivity index (χ1v) is 9.19. The summed E-state index contributed by atoms with van der Waals surface area (Å²) in [5.74, 6) is -1.69. The molecule has 1 N–H and O–H groups in total. The third kappa shape index (κ3) is 4.00. The van der Waals surface area contributed by atoms with Gasteiger partial charge in [0.25, 0.3) is 5.91 Å². The fourth-order valence-corrected chi connectivity index (χ4v) is 3.82. The third-order valence-electron chi connectivity index (χ3n) is 3.74. The van der Waals surface area contributed by atoms with Gasteiger partial charge in [-0.05, 0) is 24.3 Å². The minimum absolute atomic E-state index is 0.0707. The van der Waals surface area contributed by atoms with Gasteiger partial charge in [0, 0.05) is 5.56 Å². The van der Waals surface area contributed by atoms with Crippen LogP contribution < -0.4 is 14.4 Å². The number of halogens is 1. The molecular formula is C19H14FNO5S2. The number of methoxy groups -OCH3 is 1. The number of ether oxygens (including phenoxy) is 2. The zero-order chi connectivity index (χ0) is 20.3. The fourth-order valence-electron chi connectivity index (χ4n) is 2.55. The molecule has 1 fully saturated rings. The van der Waals surface area contributed by atoms with Gasteiger partial charge in [-0.1, -0.05) is 48.2 Å². The van der Waals surface area contributed by atoms with Gasteiger partial charge in [0.1, 0.15) is 5.82 Å². The molecule has 2 aromatic rings. The second-order valence-electron chi connectivity index (χ2n) is 5.53. The summed E-state index contributed by atoms with van der Waals surface area (Å²) in [6, 6.07) is 10.8. The van der Waals surface area contributed by atoms with Crippen LogP contribution in [0.1, 0.15) is 5.56 Å². The second-order valence-corrected chi connectivity index (χ2v) is 7.21. The lowest BCUT2D eigenvalue weighted by Gasteiger charge is -2.15. The lowest BCUT2D eigenvalue weighted by atomic mass is 10.1. The molecule has 0 unspecified atom stereocenters. The second kappa shape index (κ2) is 8.41. The Hall–Kier alpha value is -2.91. The Morgan fingerprint density at radius 1 is 1.29 bits per heavy atom. The minimum Gasteiger partial charge on any atom is -0.493 e. The summed E-state index contributed by atoms with van der Waals surface area (Å²) in [5, 5.41) is 8.88. The number of hydrogen-bond acceptors (Lipinski definition) is 6. The number of thiocarbonyl (C=S) groups is 1. The van der Waals surface area contributed by atoms with E-state index in [9.17, 15) is 14.0 Å². The summed E-state index contributed by atoms with van der Waals surface area (Å²) in [6.45, 7) is -0.572. The number of carboxylic acid groups (broad SMARTS) is 1. The van der Waals surface area contributed by atoms with Gasteiger partial charge in [-0.2, -0.15) is 0 Å². The Morgan fingerprint density at radius 3 is 2.71 bits per heavy atom. The van der Waals surface area contributed by atoms with Crippen molar-refractivity contribution in [1.29, 1.82) is 0 Å². The highest BCUT2D eigenvalue weighted by Crippen LogP contribution is 2.39. The summed E-state index contributed by atoms with van der Waals surface area (Å²) in [5.41, 5.74) is 0.510. The van der Waals surface area contributed by atoms with Gasteiger partial charge in [0.2, 0.25) is 0 Å². The van der Waals surface area contributed by atoms with Crippen molar-refractivity contribution in [1.82, 2.24) is 0 Å². The van der Waals surface area contributed by atoms with Crippen LogP contribution in [0, 0.1) is 5.82 Å². The number of benzene rings is 2. The summed E-state index contributed by atoms with van der Waals surface area (Å²) in [6.07, 6.45) is 1.51. The van der Waals surface area contributed by atoms with E-state index in [0.29, 0.717) is 11.3 Å². The first-order valence-electron chi connectivity index (χ1n) is 7.96. The van der Waals surface area contributed by atoms with E-state index in [2.05, 4.69) is 0 Å². The molecule has 1 heterocycles. The average molecular weight is 419 g/mol. The molecule has 1 saturated heterocycles. The van der Waals surface area contributed by atoms with Crippen molar-refractivity contribution in [3.8, 4) is 11.5 Å². The van der Waals surface area contributed by atoms with Crippen molar-refractivity contribution >= 4 is 51.9 Å². The molecule has 0 aromatic heterocycles. The molecule has 9 heteroatoms. The Kier molecular flexibility index (Phi) is 5.96. The zero-order valence-corrected chi connectivity index (χ0v) is 16.2. The van der Waals surface area contributed by atoms with Crippen LogP contribution >= 0.6 is 24.0 Å². The van der Waals surface area contributed by atoms with E-state index in [4.69, 9.17) is 26.8 Å². The molecule has 28 heavy (non-hydrogen) atoms. The van der Waals surface area contributed by atoms with Crippen molar-refractivity contribution in [3.63, 3.8) is 0 Å². The fraction of sp³-hybridized carbons (Fsp3) is 0.105. The maximum atomic E-state index is 14.1. The van der Waals surface area contributed by atoms with E-state index in [0.717, 1.165) is 16.7 Å². The van der Waals surface area contributed by atoms with Gasteiger partial charge in [-0.25, -0.2) is 9.18 Å². The van der Waals surface area contributed by atoms with Gasteiger partial charge >= 0.3 is 5.97 Å². The number of para-hydroxylation sites is 2.